The summed E-state index contributed by atoms with van der Waals surface area (Å²) < 4.78 is 15.8. The minimum atomic E-state index is -0.688. The Morgan fingerprint density at radius 3 is 2.65 bits per heavy atom. The molecule has 0 saturated heterocycles. The summed E-state index contributed by atoms with van der Waals surface area (Å²) in [5.41, 5.74) is 1.38. The van der Waals surface area contributed by atoms with Gasteiger partial charge in [-0.15, -0.1) is 0 Å². The highest BCUT2D eigenvalue weighted by Gasteiger charge is 2.34. The lowest BCUT2D eigenvalue weighted by molar-refractivity contribution is -0.136. The van der Waals surface area contributed by atoms with Crippen LogP contribution in [0.3, 0.4) is 0 Å². The molecular formula is C16H20N2O5. The minimum Gasteiger partial charge on any atom is -0.492 e. The van der Waals surface area contributed by atoms with Gasteiger partial charge < -0.3 is 24.8 Å². The Labute approximate surface area is 134 Å². The molecule has 0 fully saturated rings. The van der Waals surface area contributed by atoms with Crippen LogP contribution >= 0.6 is 0 Å². The van der Waals surface area contributed by atoms with Crippen LogP contribution in [0, 0.1) is 0 Å². The number of carbonyl (C=O) groups excluding carboxylic acids is 2. The van der Waals surface area contributed by atoms with Crippen LogP contribution in [0.2, 0.25) is 0 Å². The zero-order chi connectivity index (χ0) is 17.0. The topological polar surface area (TPSA) is 85.9 Å². The van der Waals surface area contributed by atoms with Crippen molar-refractivity contribution in [1.29, 1.82) is 0 Å². The number of allylic oxidation sites excluding steroid dienone is 1. The van der Waals surface area contributed by atoms with Crippen LogP contribution in [0.5, 0.6) is 11.5 Å². The van der Waals surface area contributed by atoms with Crippen molar-refractivity contribution in [3.63, 3.8) is 0 Å². The molecule has 0 saturated carbocycles. The van der Waals surface area contributed by atoms with Crippen molar-refractivity contribution >= 4 is 12.0 Å². The van der Waals surface area contributed by atoms with Crippen LogP contribution in [0.15, 0.2) is 29.5 Å². The molecule has 1 unspecified atom stereocenters. The van der Waals surface area contributed by atoms with E-state index < -0.39 is 18.0 Å². The number of hydrogen-bond donors (Lipinski definition) is 2. The Morgan fingerprint density at radius 1 is 1.30 bits per heavy atom. The van der Waals surface area contributed by atoms with Crippen LogP contribution in [0.25, 0.3) is 0 Å². The van der Waals surface area contributed by atoms with Gasteiger partial charge in [-0.05, 0) is 19.9 Å². The van der Waals surface area contributed by atoms with Crippen molar-refractivity contribution in [2.24, 2.45) is 0 Å². The molecule has 1 aromatic carbocycles. The largest absolute Gasteiger partial charge is 0.492 e. The van der Waals surface area contributed by atoms with Crippen molar-refractivity contribution in [1.82, 2.24) is 10.6 Å². The maximum absolute atomic E-state index is 12.1. The lowest BCUT2D eigenvalue weighted by atomic mass is 9.94. The molecule has 7 nitrogen and oxygen atoms in total. The molecule has 0 bridgehead atoms. The molecule has 2 rings (SSSR count). The van der Waals surface area contributed by atoms with Gasteiger partial charge in [-0.3, -0.25) is 0 Å². The summed E-state index contributed by atoms with van der Waals surface area (Å²) in [5.74, 6) is 0.488. The van der Waals surface area contributed by atoms with Crippen LogP contribution in [0.4, 0.5) is 4.79 Å². The highest BCUT2D eigenvalue weighted by atomic mass is 16.5. The highest BCUT2D eigenvalue weighted by Crippen LogP contribution is 2.39. The van der Waals surface area contributed by atoms with Gasteiger partial charge in [0.2, 0.25) is 0 Å². The van der Waals surface area contributed by atoms with Crippen LogP contribution in [-0.2, 0) is 9.53 Å². The number of methoxy groups -OCH3 is 2. The van der Waals surface area contributed by atoms with E-state index in [2.05, 4.69) is 10.6 Å². The quantitative estimate of drug-likeness (QED) is 0.809. The van der Waals surface area contributed by atoms with E-state index in [4.69, 9.17) is 14.2 Å². The fourth-order valence-electron chi connectivity index (χ4n) is 2.56. The zero-order valence-electron chi connectivity index (χ0n) is 13.6. The van der Waals surface area contributed by atoms with Gasteiger partial charge in [-0.1, -0.05) is 12.1 Å². The van der Waals surface area contributed by atoms with Gasteiger partial charge in [0, 0.05) is 11.3 Å². The number of ether oxygens (including phenoxy) is 3. The fourth-order valence-corrected chi connectivity index (χ4v) is 2.56. The van der Waals surface area contributed by atoms with E-state index in [1.165, 1.54) is 14.2 Å². The summed E-state index contributed by atoms with van der Waals surface area (Å²) in [6, 6.07) is 4.23. The first-order chi connectivity index (χ1) is 11.0. The predicted octanol–water partition coefficient (Wildman–Crippen LogP) is 1.89. The molecule has 124 valence electrons. The van der Waals surface area contributed by atoms with E-state index in [-0.39, 0.29) is 0 Å². The van der Waals surface area contributed by atoms with E-state index >= 15 is 0 Å². The molecule has 2 amide bonds. The molecule has 0 radical (unpaired) electrons. The normalized spacial score (nSPS) is 17.2. The molecular weight excluding hydrogens is 300 g/mol. The smallest absolute Gasteiger partial charge is 0.337 e. The zero-order valence-corrected chi connectivity index (χ0v) is 13.6. The highest BCUT2D eigenvalue weighted by molar-refractivity contribution is 5.95. The van der Waals surface area contributed by atoms with E-state index in [1.54, 1.807) is 25.1 Å². The number of carbonyl (C=O) groups is 2. The summed E-state index contributed by atoms with van der Waals surface area (Å²) >= 11 is 0. The summed E-state index contributed by atoms with van der Waals surface area (Å²) in [6.45, 7) is 3.98. The van der Waals surface area contributed by atoms with Crippen molar-refractivity contribution in [3.8, 4) is 11.5 Å². The van der Waals surface area contributed by atoms with Crippen LogP contribution in [0.1, 0.15) is 25.5 Å². The number of urea groups is 1. The van der Waals surface area contributed by atoms with E-state index in [9.17, 15) is 9.59 Å². The molecule has 0 aliphatic carbocycles. The lowest BCUT2D eigenvalue weighted by Crippen LogP contribution is -2.45. The summed E-state index contributed by atoms with van der Waals surface area (Å²) in [6.07, 6.45) is 0. The Bertz CT molecular complexity index is 654. The third kappa shape index (κ3) is 3.23. The molecule has 1 heterocycles. The predicted molar refractivity (Wildman–Crippen MR) is 83.3 cm³/mol. The van der Waals surface area contributed by atoms with Crippen molar-refractivity contribution in [2.75, 3.05) is 20.8 Å². The van der Waals surface area contributed by atoms with E-state index in [1.807, 2.05) is 6.92 Å². The third-order valence-electron chi connectivity index (χ3n) is 3.50. The second-order valence-corrected chi connectivity index (χ2v) is 4.87. The molecule has 2 N–H and O–H groups in total. The van der Waals surface area contributed by atoms with Crippen LogP contribution < -0.4 is 20.1 Å². The molecule has 7 heteroatoms. The van der Waals surface area contributed by atoms with Crippen LogP contribution in [-0.4, -0.2) is 32.8 Å². The average molecular weight is 320 g/mol. The number of rotatable bonds is 5. The second kappa shape index (κ2) is 7.04. The first-order valence-electron chi connectivity index (χ1n) is 7.19. The molecule has 1 aromatic rings. The van der Waals surface area contributed by atoms with Gasteiger partial charge in [-0.25, -0.2) is 9.59 Å². The number of nitrogens with one attached hydrogen (secondary N) is 2. The average Bonchev–Trinajstić information content (AvgIpc) is 2.53. The van der Waals surface area contributed by atoms with Gasteiger partial charge in [0.25, 0.3) is 0 Å². The molecule has 23 heavy (non-hydrogen) atoms. The van der Waals surface area contributed by atoms with Crippen molar-refractivity contribution < 1.29 is 23.8 Å². The molecule has 1 aliphatic rings. The van der Waals surface area contributed by atoms with Gasteiger partial charge in [0.05, 0.1) is 32.4 Å². The number of amides is 2. The molecule has 1 aliphatic heterocycles. The molecule has 0 aromatic heterocycles. The minimum absolute atomic E-state index is 0.319. The molecule has 1 atom stereocenters. The molecule has 0 spiro atoms. The Hall–Kier alpha value is -2.70. The number of benzene rings is 1. The number of hydrogen-bond acceptors (Lipinski definition) is 5. The number of esters is 1. The SMILES string of the molecule is CCOc1cccc(C2NC(=O)NC(C)=C2C(=O)OC)c1OC. The maximum Gasteiger partial charge on any atom is 0.337 e. The maximum atomic E-state index is 12.1. The monoisotopic (exact) mass is 320 g/mol. The fraction of sp³-hybridized carbons (Fsp3) is 0.375. The van der Waals surface area contributed by atoms with Gasteiger partial charge in [0.15, 0.2) is 11.5 Å². The Kier molecular flexibility index (Phi) is 5.10. The summed E-state index contributed by atoms with van der Waals surface area (Å²) in [7, 11) is 2.81. The second-order valence-electron chi connectivity index (χ2n) is 4.87. The first kappa shape index (κ1) is 16.7. The first-order valence-corrected chi connectivity index (χ1v) is 7.19. The van der Waals surface area contributed by atoms with Gasteiger partial charge in [-0.2, -0.15) is 0 Å². The van der Waals surface area contributed by atoms with Crippen molar-refractivity contribution in [3.05, 3.63) is 35.0 Å². The van der Waals surface area contributed by atoms with E-state index in [0.717, 1.165) is 0 Å². The van der Waals surface area contributed by atoms with Gasteiger partial charge >= 0.3 is 12.0 Å². The van der Waals surface area contributed by atoms with Crippen molar-refractivity contribution in [2.45, 2.75) is 19.9 Å². The summed E-state index contributed by atoms with van der Waals surface area (Å²) in [4.78, 5) is 24.0. The Morgan fingerprint density at radius 2 is 2.04 bits per heavy atom. The van der Waals surface area contributed by atoms with E-state index in [0.29, 0.717) is 34.9 Å². The van der Waals surface area contributed by atoms with Gasteiger partial charge in [0.1, 0.15) is 0 Å². The lowest BCUT2D eigenvalue weighted by Gasteiger charge is -2.29. The summed E-state index contributed by atoms with van der Waals surface area (Å²) in [5, 5.41) is 5.31. The standard InChI is InChI=1S/C16H20N2O5/c1-5-23-11-8-6-7-10(14(11)21-3)13-12(15(19)22-4)9(2)17-16(20)18-13/h6-8,13H,5H2,1-4H3,(H2,17,18,20). The Balaban J connectivity index is 2.58. The number of para-hydroxylation sites is 1. The third-order valence-corrected chi connectivity index (χ3v) is 3.50.